The minimum Gasteiger partial charge on any atom is -0.508 e. The van der Waals surface area contributed by atoms with Crippen molar-refractivity contribution >= 4 is 28.9 Å². The van der Waals surface area contributed by atoms with Gasteiger partial charge >= 0.3 is 0 Å². The predicted octanol–water partition coefficient (Wildman–Crippen LogP) is 2.01. The second kappa shape index (κ2) is 6.88. The van der Waals surface area contributed by atoms with Gasteiger partial charge in [0.1, 0.15) is 23.1 Å². The average Bonchev–Trinajstić information content (AvgIpc) is 2.50. The Morgan fingerprint density at radius 3 is 2.48 bits per heavy atom. The average molecular weight is 339 g/mol. The number of rotatable bonds is 2. The smallest absolute Gasteiger partial charge is 0.273 e. The van der Waals surface area contributed by atoms with E-state index in [1.54, 1.807) is 0 Å². The predicted molar refractivity (Wildman–Crippen MR) is 83.0 cm³/mol. The van der Waals surface area contributed by atoms with Crippen LogP contribution in [0.5, 0.6) is 11.5 Å². The molecule has 6 nitrogen and oxygen atoms in total. The summed E-state index contributed by atoms with van der Waals surface area (Å²) in [5.41, 5.74) is 4.17. The normalized spacial score (nSPS) is 10.0. The van der Waals surface area contributed by atoms with E-state index in [-0.39, 0.29) is 27.9 Å². The Labute approximate surface area is 134 Å². The maximum absolute atomic E-state index is 13.4. The number of carbonyl (C=O) groups excluding carboxylic acids is 1. The topological polar surface area (TPSA) is 93.6 Å². The van der Waals surface area contributed by atoms with Gasteiger partial charge in [0.25, 0.3) is 5.91 Å². The van der Waals surface area contributed by atoms with Crippen LogP contribution >= 0.6 is 12.2 Å². The highest BCUT2D eigenvalue weighted by molar-refractivity contribution is 7.80. The van der Waals surface area contributed by atoms with Crippen molar-refractivity contribution in [3.05, 3.63) is 53.6 Å². The highest BCUT2D eigenvalue weighted by Gasteiger charge is 2.12. The molecule has 0 saturated carbocycles. The van der Waals surface area contributed by atoms with E-state index in [0.29, 0.717) is 6.07 Å². The van der Waals surface area contributed by atoms with Gasteiger partial charge in [-0.3, -0.25) is 15.6 Å². The van der Waals surface area contributed by atoms with Crippen LogP contribution in [0.1, 0.15) is 10.4 Å². The first kappa shape index (κ1) is 16.4. The lowest BCUT2D eigenvalue weighted by molar-refractivity contribution is 0.0941. The Morgan fingerprint density at radius 2 is 1.78 bits per heavy atom. The van der Waals surface area contributed by atoms with Gasteiger partial charge in [-0.2, -0.15) is 0 Å². The molecule has 0 unspecified atom stereocenters. The molecule has 2 aromatic carbocycles. The fourth-order valence-corrected chi connectivity index (χ4v) is 1.79. The molecule has 2 rings (SSSR count). The van der Waals surface area contributed by atoms with Crippen LogP contribution in [0.3, 0.4) is 0 Å². The lowest BCUT2D eigenvalue weighted by atomic mass is 10.2. The van der Waals surface area contributed by atoms with Crippen molar-refractivity contribution in [2.75, 3.05) is 5.32 Å². The first-order chi connectivity index (χ1) is 10.9. The minimum absolute atomic E-state index is 0.0849. The SMILES string of the molecule is O=C(NNC(=S)Nc1ccc(F)cc1F)c1cc(O)ccc1O. The number of nitrogens with one attached hydrogen (secondary N) is 3. The van der Waals surface area contributed by atoms with Crippen molar-refractivity contribution in [2.45, 2.75) is 0 Å². The number of thiocarbonyl (C=S) groups is 1. The number of carbonyl (C=O) groups is 1. The molecule has 0 aliphatic carbocycles. The summed E-state index contributed by atoms with van der Waals surface area (Å²) < 4.78 is 26.2. The van der Waals surface area contributed by atoms with E-state index in [0.717, 1.165) is 24.3 Å². The molecule has 120 valence electrons. The molecule has 0 aromatic heterocycles. The number of benzene rings is 2. The number of hydrazine groups is 1. The van der Waals surface area contributed by atoms with Gasteiger partial charge in [-0.05, 0) is 42.5 Å². The van der Waals surface area contributed by atoms with Crippen LogP contribution in [-0.2, 0) is 0 Å². The van der Waals surface area contributed by atoms with Crippen LogP contribution in [0.15, 0.2) is 36.4 Å². The van der Waals surface area contributed by atoms with E-state index in [1.165, 1.54) is 6.07 Å². The summed E-state index contributed by atoms with van der Waals surface area (Å²) in [5.74, 6) is -2.92. The monoisotopic (exact) mass is 339 g/mol. The minimum atomic E-state index is -0.855. The zero-order chi connectivity index (χ0) is 17.0. The molecule has 0 saturated heterocycles. The third kappa shape index (κ3) is 4.27. The third-order valence-electron chi connectivity index (χ3n) is 2.69. The Morgan fingerprint density at radius 1 is 1.04 bits per heavy atom. The number of phenolic OH excluding ortho intramolecular Hbond substituents is 2. The van der Waals surface area contributed by atoms with Crippen molar-refractivity contribution in [3.8, 4) is 11.5 Å². The first-order valence-electron chi connectivity index (χ1n) is 6.21. The summed E-state index contributed by atoms with van der Waals surface area (Å²) in [6.45, 7) is 0. The molecule has 0 atom stereocenters. The fraction of sp³-hybridized carbons (Fsp3) is 0. The van der Waals surface area contributed by atoms with Gasteiger partial charge in [0.15, 0.2) is 5.11 Å². The summed E-state index contributed by atoms with van der Waals surface area (Å²) in [6, 6.07) is 6.27. The van der Waals surface area contributed by atoms with Crippen molar-refractivity contribution in [3.63, 3.8) is 0 Å². The number of halogens is 2. The maximum Gasteiger partial charge on any atom is 0.273 e. The molecule has 1 amide bonds. The van der Waals surface area contributed by atoms with Gasteiger partial charge in [0, 0.05) is 6.07 Å². The molecule has 9 heteroatoms. The Balaban J connectivity index is 1.96. The van der Waals surface area contributed by atoms with Gasteiger partial charge in [0.05, 0.1) is 11.3 Å². The summed E-state index contributed by atoms with van der Waals surface area (Å²) in [7, 11) is 0. The summed E-state index contributed by atoms with van der Waals surface area (Å²) in [4.78, 5) is 11.8. The van der Waals surface area contributed by atoms with E-state index >= 15 is 0 Å². The summed E-state index contributed by atoms with van der Waals surface area (Å²) in [5, 5.41) is 21.1. The molecule has 0 bridgehead atoms. The number of phenols is 2. The highest BCUT2D eigenvalue weighted by atomic mass is 32.1. The molecule has 2 aromatic rings. The zero-order valence-corrected chi connectivity index (χ0v) is 12.2. The Bertz CT molecular complexity index is 771. The van der Waals surface area contributed by atoms with Crippen molar-refractivity contribution < 1.29 is 23.8 Å². The van der Waals surface area contributed by atoms with E-state index in [9.17, 15) is 23.8 Å². The van der Waals surface area contributed by atoms with Crippen molar-refractivity contribution in [2.24, 2.45) is 0 Å². The van der Waals surface area contributed by atoms with Crippen LogP contribution in [0.25, 0.3) is 0 Å². The second-order valence-corrected chi connectivity index (χ2v) is 4.77. The number of amides is 1. The molecule has 0 aliphatic heterocycles. The van der Waals surface area contributed by atoms with Crippen LogP contribution in [0.2, 0.25) is 0 Å². The van der Waals surface area contributed by atoms with Crippen LogP contribution in [0.4, 0.5) is 14.5 Å². The molecule has 0 spiro atoms. The van der Waals surface area contributed by atoms with E-state index < -0.39 is 17.5 Å². The fourth-order valence-electron chi connectivity index (χ4n) is 1.63. The lowest BCUT2D eigenvalue weighted by Crippen LogP contribution is -2.43. The largest absolute Gasteiger partial charge is 0.508 e. The van der Waals surface area contributed by atoms with Crippen LogP contribution in [0, 0.1) is 11.6 Å². The highest BCUT2D eigenvalue weighted by Crippen LogP contribution is 2.21. The molecule has 0 aliphatic rings. The van der Waals surface area contributed by atoms with Gasteiger partial charge in [-0.1, -0.05) is 0 Å². The summed E-state index contributed by atoms with van der Waals surface area (Å²) >= 11 is 4.85. The molecular weight excluding hydrogens is 328 g/mol. The van der Waals surface area contributed by atoms with Crippen LogP contribution < -0.4 is 16.2 Å². The Kier molecular flexibility index (Phi) is 4.91. The molecule has 5 N–H and O–H groups in total. The van der Waals surface area contributed by atoms with Crippen LogP contribution in [-0.4, -0.2) is 21.2 Å². The standard InChI is InChI=1S/C14H11F2N3O3S/c15-7-1-3-11(10(16)5-7)17-14(23)19-18-13(22)9-6-8(20)2-4-12(9)21/h1-6,20-21H,(H,18,22)(H2,17,19,23). The Hall–Kier alpha value is -2.94. The van der Waals surface area contributed by atoms with E-state index in [1.807, 2.05) is 0 Å². The second-order valence-electron chi connectivity index (χ2n) is 4.36. The number of anilines is 1. The molecular formula is C14H11F2N3O3S. The number of hydrogen-bond acceptors (Lipinski definition) is 4. The first-order valence-corrected chi connectivity index (χ1v) is 6.62. The molecule has 0 fully saturated rings. The van der Waals surface area contributed by atoms with Crippen molar-refractivity contribution in [1.82, 2.24) is 10.9 Å². The number of hydrogen-bond donors (Lipinski definition) is 5. The maximum atomic E-state index is 13.4. The van der Waals surface area contributed by atoms with Gasteiger partial charge in [0.2, 0.25) is 0 Å². The van der Waals surface area contributed by atoms with E-state index in [2.05, 4.69) is 16.2 Å². The summed E-state index contributed by atoms with van der Waals surface area (Å²) in [6.07, 6.45) is 0. The van der Waals surface area contributed by atoms with Gasteiger partial charge in [-0.25, -0.2) is 8.78 Å². The molecule has 23 heavy (non-hydrogen) atoms. The molecule has 0 radical (unpaired) electrons. The van der Waals surface area contributed by atoms with E-state index in [4.69, 9.17) is 12.2 Å². The molecule has 0 heterocycles. The third-order valence-corrected chi connectivity index (χ3v) is 2.90. The zero-order valence-electron chi connectivity index (χ0n) is 11.4. The van der Waals surface area contributed by atoms with Gasteiger partial charge in [-0.15, -0.1) is 0 Å². The number of aromatic hydroxyl groups is 2. The quantitative estimate of drug-likeness (QED) is 0.326. The van der Waals surface area contributed by atoms with Crippen molar-refractivity contribution in [1.29, 1.82) is 0 Å². The van der Waals surface area contributed by atoms with Gasteiger partial charge < -0.3 is 15.5 Å². The lowest BCUT2D eigenvalue weighted by Gasteiger charge is -2.12.